The van der Waals surface area contributed by atoms with Gasteiger partial charge in [0, 0.05) is 19.6 Å². The summed E-state index contributed by atoms with van der Waals surface area (Å²) in [6.07, 6.45) is 0.506. The molecule has 0 radical (unpaired) electrons. The summed E-state index contributed by atoms with van der Waals surface area (Å²) in [4.78, 5) is 12.4. The summed E-state index contributed by atoms with van der Waals surface area (Å²) in [5, 5.41) is 22.3. The zero-order valence-electron chi connectivity index (χ0n) is 12.4. The summed E-state index contributed by atoms with van der Waals surface area (Å²) in [5.74, 6) is -0.0177. The molecule has 3 rings (SSSR count). The fourth-order valence-electron chi connectivity index (χ4n) is 3.20. The molecule has 0 saturated heterocycles. The molecule has 1 aliphatic rings. The first-order valence-corrected chi connectivity index (χ1v) is 7.05. The molecule has 0 bridgehead atoms. The van der Waals surface area contributed by atoms with Gasteiger partial charge in [-0.3, -0.25) is 0 Å². The minimum absolute atomic E-state index is 0.0522. The number of rotatable bonds is 3. The molecule has 5 N–H and O–H groups in total. The van der Waals surface area contributed by atoms with Gasteiger partial charge in [0.1, 0.15) is 0 Å². The Morgan fingerprint density at radius 3 is 2.86 bits per heavy atom. The number of nitrogens with two attached hydrogens (primary N) is 1. The maximum absolute atomic E-state index is 15.0. The van der Waals surface area contributed by atoms with Crippen molar-refractivity contribution in [1.82, 2.24) is 19.5 Å². The van der Waals surface area contributed by atoms with Crippen molar-refractivity contribution in [3.8, 4) is 0 Å². The fourth-order valence-corrected chi connectivity index (χ4v) is 3.20. The summed E-state index contributed by atoms with van der Waals surface area (Å²) in [5.41, 5.74) is 4.67. The molecule has 8 nitrogen and oxygen atoms in total. The number of halogens is 1. The number of alkyl halides is 1. The summed E-state index contributed by atoms with van der Waals surface area (Å²) in [7, 11) is 1.68. The maximum atomic E-state index is 15.0. The van der Waals surface area contributed by atoms with Gasteiger partial charge in [0.15, 0.2) is 22.7 Å². The Kier molecular flexibility index (Phi) is 3.41. The molecule has 0 amide bonds. The quantitative estimate of drug-likeness (QED) is 0.634. The van der Waals surface area contributed by atoms with Crippen LogP contribution < -0.4 is 11.1 Å². The monoisotopic (exact) mass is 310 g/mol. The van der Waals surface area contributed by atoms with Gasteiger partial charge in [-0.1, -0.05) is 0 Å². The van der Waals surface area contributed by atoms with Crippen LogP contribution in [-0.4, -0.2) is 55.2 Å². The molecule has 0 unspecified atom stereocenters. The number of hydrogen-bond acceptors (Lipinski definition) is 7. The number of fused-ring (bicyclic) bond motifs is 1. The molecule has 120 valence electrons. The number of aromatic nitrogens is 4. The van der Waals surface area contributed by atoms with E-state index >= 15 is 0 Å². The van der Waals surface area contributed by atoms with Crippen molar-refractivity contribution in [2.24, 2.45) is 5.92 Å². The van der Waals surface area contributed by atoms with Crippen molar-refractivity contribution in [2.45, 2.75) is 31.2 Å². The van der Waals surface area contributed by atoms with Crippen LogP contribution in [0.5, 0.6) is 0 Å². The van der Waals surface area contributed by atoms with Gasteiger partial charge in [-0.15, -0.1) is 0 Å². The SMILES string of the molecule is CNc1nc(N)nc2c1ncn2[C@@H]1C[C@H](CO)[C@@H](O)[C@@]1(C)F. The molecule has 1 aliphatic carbocycles. The molecule has 2 aromatic heterocycles. The average molecular weight is 310 g/mol. The van der Waals surface area contributed by atoms with E-state index in [2.05, 4.69) is 20.3 Å². The predicted octanol–water partition coefficient (Wildman–Crippen LogP) is 0.0926. The average Bonchev–Trinajstić information content (AvgIpc) is 2.98. The minimum atomic E-state index is -1.90. The first-order chi connectivity index (χ1) is 10.4. The maximum Gasteiger partial charge on any atom is 0.224 e. The van der Waals surface area contributed by atoms with E-state index in [1.807, 2.05) is 0 Å². The van der Waals surface area contributed by atoms with Crippen LogP contribution in [0.1, 0.15) is 19.4 Å². The standard InChI is InChI=1S/C13H19FN6O2/c1-13(14)7(3-6(4-21)9(13)22)20-5-17-8-10(16-2)18-12(15)19-11(8)20/h5-7,9,21-22H,3-4H2,1-2H3,(H3,15,16,18,19)/t6-,7-,9-,13+/m1/s1. The summed E-state index contributed by atoms with van der Waals surface area (Å²) < 4.78 is 16.5. The van der Waals surface area contributed by atoms with Crippen LogP contribution in [0, 0.1) is 5.92 Å². The van der Waals surface area contributed by atoms with E-state index < -0.39 is 23.7 Å². The van der Waals surface area contributed by atoms with Gasteiger partial charge in [-0.2, -0.15) is 9.97 Å². The van der Waals surface area contributed by atoms with Gasteiger partial charge in [0.2, 0.25) is 5.95 Å². The van der Waals surface area contributed by atoms with Crippen molar-refractivity contribution in [3.63, 3.8) is 0 Å². The van der Waals surface area contributed by atoms with Gasteiger partial charge in [0.05, 0.1) is 18.5 Å². The van der Waals surface area contributed by atoms with Crippen molar-refractivity contribution in [2.75, 3.05) is 24.7 Å². The Labute approximate surface area is 126 Å². The van der Waals surface area contributed by atoms with E-state index in [9.17, 15) is 14.6 Å². The van der Waals surface area contributed by atoms with Gasteiger partial charge in [-0.25, -0.2) is 9.37 Å². The normalized spacial score (nSPS) is 31.8. The second-order valence-corrected chi connectivity index (χ2v) is 5.79. The highest BCUT2D eigenvalue weighted by Crippen LogP contribution is 2.46. The molecule has 4 atom stereocenters. The highest BCUT2D eigenvalue weighted by Gasteiger charge is 2.53. The van der Waals surface area contributed by atoms with Crippen LogP contribution in [0.4, 0.5) is 16.2 Å². The second kappa shape index (κ2) is 5.03. The number of nitrogens with zero attached hydrogens (tertiary/aromatic N) is 4. The third-order valence-electron chi connectivity index (χ3n) is 4.45. The molecule has 9 heteroatoms. The summed E-state index contributed by atoms with van der Waals surface area (Å²) in [6, 6.07) is -0.691. The molecule has 2 aromatic rings. The smallest absolute Gasteiger partial charge is 0.224 e. The van der Waals surface area contributed by atoms with Gasteiger partial charge >= 0.3 is 0 Å². The van der Waals surface area contributed by atoms with Crippen LogP contribution in [0.2, 0.25) is 0 Å². The third kappa shape index (κ3) is 2.00. The lowest BCUT2D eigenvalue weighted by Gasteiger charge is -2.27. The molecule has 0 aliphatic heterocycles. The van der Waals surface area contributed by atoms with Gasteiger partial charge in [0.25, 0.3) is 0 Å². The lowest BCUT2D eigenvalue weighted by Crippen LogP contribution is -2.38. The van der Waals surface area contributed by atoms with E-state index in [0.29, 0.717) is 17.0 Å². The number of aliphatic hydroxyl groups excluding tert-OH is 2. The zero-order chi connectivity index (χ0) is 16.1. The van der Waals surface area contributed by atoms with E-state index in [0.717, 1.165) is 0 Å². The first-order valence-electron chi connectivity index (χ1n) is 7.05. The highest BCUT2D eigenvalue weighted by molar-refractivity contribution is 5.84. The Balaban J connectivity index is 2.13. The van der Waals surface area contributed by atoms with Crippen LogP contribution in [0.3, 0.4) is 0 Å². The lowest BCUT2D eigenvalue weighted by atomic mass is 9.98. The van der Waals surface area contributed by atoms with Crippen LogP contribution in [0.15, 0.2) is 6.33 Å². The molecular weight excluding hydrogens is 291 g/mol. The largest absolute Gasteiger partial charge is 0.396 e. The summed E-state index contributed by atoms with van der Waals surface area (Å²) >= 11 is 0. The molecule has 0 aromatic carbocycles. The minimum Gasteiger partial charge on any atom is -0.396 e. The number of hydrogen-bond donors (Lipinski definition) is 4. The van der Waals surface area contributed by atoms with Crippen molar-refractivity contribution in [1.29, 1.82) is 0 Å². The van der Waals surface area contributed by atoms with E-state index in [-0.39, 0.29) is 19.0 Å². The molecule has 2 heterocycles. The Morgan fingerprint density at radius 1 is 1.55 bits per heavy atom. The van der Waals surface area contributed by atoms with Crippen molar-refractivity contribution >= 4 is 22.9 Å². The molecule has 1 saturated carbocycles. The highest BCUT2D eigenvalue weighted by atomic mass is 19.1. The number of anilines is 2. The number of aliphatic hydroxyl groups is 2. The van der Waals surface area contributed by atoms with Gasteiger partial charge < -0.3 is 25.8 Å². The molecule has 1 fully saturated rings. The Morgan fingerprint density at radius 2 is 2.27 bits per heavy atom. The van der Waals surface area contributed by atoms with Crippen molar-refractivity contribution in [3.05, 3.63) is 6.33 Å². The Hall–Kier alpha value is -2.00. The second-order valence-electron chi connectivity index (χ2n) is 5.79. The van der Waals surface area contributed by atoms with Crippen molar-refractivity contribution < 1.29 is 14.6 Å². The Bertz CT molecular complexity index is 703. The van der Waals surface area contributed by atoms with Gasteiger partial charge in [-0.05, 0) is 13.3 Å². The number of nitrogen functional groups attached to an aromatic ring is 1. The van der Waals surface area contributed by atoms with E-state index in [1.165, 1.54) is 13.3 Å². The summed E-state index contributed by atoms with van der Waals surface area (Å²) in [6.45, 7) is 1.05. The van der Waals surface area contributed by atoms with E-state index in [1.54, 1.807) is 11.6 Å². The van der Waals surface area contributed by atoms with Crippen LogP contribution in [0.25, 0.3) is 11.2 Å². The topological polar surface area (TPSA) is 122 Å². The molecular formula is C13H19FN6O2. The van der Waals surface area contributed by atoms with Crippen LogP contribution in [-0.2, 0) is 0 Å². The lowest BCUT2D eigenvalue weighted by molar-refractivity contribution is -0.0197. The number of imidazole rings is 1. The van der Waals surface area contributed by atoms with E-state index in [4.69, 9.17) is 5.73 Å². The third-order valence-corrected chi connectivity index (χ3v) is 4.45. The van der Waals surface area contributed by atoms with Crippen LogP contribution >= 0.6 is 0 Å². The number of nitrogens with one attached hydrogen (secondary N) is 1. The molecule has 0 spiro atoms. The predicted molar refractivity (Wildman–Crippen MR) is 79.0 cm³/mol. The first kappa shape index (κ1) is 14.9. The fraction of sp³-hybridized carbons (Fsp3) is 0.615. The molecule has 22 heavy (non-hydrogen) atoms. The zero-order valence-corrected chi connectivity index (χ0v) is 12.4.